The minimum absolute atomic E-state index is 0.129. The van der Waals surface area contributed by atoms with E-state index in [4.69, 9.17) is 31.2 Å². The van der Waals surface area contributed by atoms with Crippen LogP contribution in [0, 0.1) is 6.92 Å². The molecule has 7 nitrogen and oxygen atoms in total. The number of aryl methyl sites for hydroxylation is 1. The third kappa shape index (κ3) is 5.33. The van der Waals surface area contributed by atoms with Crippen LogP contribution in [0.5, 0.6) is 11.5 Å². The standard InChI is InChI=1S/C31H29ClN4O3S/c1-19-10-12-20(13-11-19)17-39-26-15-14-21(16-27(26)38-2)29-28-24(8-5-9-25(28)37)33-30-34-31(35-36(29)30)40-18-22-6-3-4-7-23(22)32/h3-4,6-7,10-16,29H,5,8-9,17-18H2,1-2H3,(H,33,34,35). The summed E-state index contributed by atoms with van der Waals surface area (Å²) >= 11 is 7.87. The minimum Gasteiger partial charge on any atom is -0.493 e. The van der Waals surface area contributed by atoms with E-state index < -0.39 is 6.04 Å². The van der Waals surface area contributed by atoms with Crippen molar-refractivity contribution in [2.45, 2.75) is 49.7 Å². The van der Waals surface area contributed by atoms with E-state index in [1.807, 2.05) is 47.1 Å². The molecule has 204 valence electrons. The second-order valence-electron chi connectivity index (χ2n) is 9.92. The monoisotopic (exact) mass is 572 g/mol. The van der Waals surface area contributed by atoms with E-state index in [0.717, 1.165) is 45.8 Å². The molecule has 1 N–H and O–H groups in total. The van der Waals surface area contributed by atoms with Gasteiger partial charge in [0.15, 0.2) is 17.3 Å². The van der Waals surface area contributed by atoms with Gasteiger partial charge in [-0.15, -0.1) is 5.10 Å². The van der Waals surface area contributed by atoms with Crippen LogP contribution in [0.1, 0.15) is 47.6 Å². The lowest BCUT2D eigenvalue weighted by atomic mass is 9.85. The molecule has 0 saturated carbocycles. The molecule has 0 saturated heterocycles. The van der Waals surface area contributed by atoms with Crippen molar-refractivity contribution in [3.05, 3.63) is 105 Å². The molecule has 40 heavy (non-hydrogen) atoms. The van der Waals surface area contributed by atoms with Gasteiger partial charge in [0.2, 0.25) is 11.1 Å². The topological polar surface area (TPSA) is 78.3 Å². The van der Waals surface area contributed by atoms with Gasteiger partial charge in [-0.3, -0.25) is 4.79 Å². The van der Waals surface area contributed by atoms with Crippen LogP contribution >= 0.6 is 23.4 Å². The van der Waals surface area contributed by atoms with Gasteiger partial charge in [-0.05, 0) is 54.7 Å². The number of fused-ring (bicyclic) bond motifs is 1. The maximum Gasteiger partial charge on any atom is 0.227 e. The van der Waals surface area contributed by atoms with Crippen molar-refractivity contribution in [3.8, 4) is 11.5 Å². The molecule has 2 aliphatic rings. The van der Waals surface area contributed by atoms with Gasteiger partial charge in [0.05, 0.1) is 7.11 Å². The van der Waals surface area contributed by atoms with E-state index in [1.165, 1.54) is 17.3 Å². The third-order valence-corrected chi connectivity index (χ3v) is 8.44. The quantitative estimate of drug-likeness (QED) is 0.225. The summed E-state index contributed by atoms with van der Waals surface area (Å²) in [6.07, 6.45) is 2.13. The Bertz CT molecular complexity index is 1600. The van der Waals surface area contributed by atoms with Crippen molar-refractivity contribution < 1.29 is 14.3 Å². The lowest BCUT2D eigenvalue weighted by molar-refractivity contribution is -0.116. The molecule has 3 aromatic carbocycles. The number of ether oxygens (including phenoxy) is 2. The van der Waals surface area contributed by atoms with Gasteiger partial charge in [0, 0.05) is 28.5 Å². The number of ketones is 1. The Morgan fingerprint density at radius 2 is 1.90 bits per heavy atom. The molecule has 0 radical (unpaired) electrons. The molecule has 9 heteroatoms. The zero-order valence-electron chi connectivity index (χ0n) is 22.3. The molecule has 2 heterocycles. The van der Waals surface area contributed by atoms with Crippen LogP contribution < -0.4 is 14.8 Å². The van der Waals surface area contributed by atoms with Crippen LogP contribution in [0.15, 0.2) is 83.2 Å². The number of anilines is 1. The molecule has 6 rings (SSSR count). The number of nitrogens with one attached hydrogen (secondary N) is 1. The number of thioether (sulfide) groups is 1. The molecule has 1 aliphatic heterocycles. The molecular formula is C31H29ClN4O3S. The van der Waals surface area contributed by atoms with Crippen molar-refractivity contribution in [3.63, 3.8) is 0 Å². The molecule has 1 atom stereocenters. The van der Waals surface area contributed by atoms with Crippen LogP contribution in [-0.4, -0.2) is 27.7 Å². The Labute approximate surface area is 242 Å². The summed E-state index contributed by atoms with van der Waals surface area (Å²) in [5.74, 6) is 2.63. The summed E-state index contributed by atoms with van der Waals surface area (Å²) in [5.41, 5.74) is 5.84. The van der Waals surface area contributed by atoms with E-state index in [1.54, 1.807) is 7.11 Å². The number of carbonyl (C=O) groups is 1. The zero-order valence-corrected chi connectivity index (χ0v) is 23.9. The maximum atomic E-state index is 13.2. The highest BCUT2D eigenvalue weighted by Gasteiger charge is 2.37. The molecule has 1 aromatic heterocycles. The van der Waals surface area contributed by atoms with E-state index in [9.17, 15) is 4.79 Å². The van der Waals surface area contributed by atoms with Crippen molar-refractivity contribution in [1.82, 2.24) is 14.8 Å². The predicted octanol–water partition coefficient (Wildman–Crippen LogP) is 7.14. The average Bonchev–Trinajstić information content (AvgIpc) is 3.38. The van der Waals surface area contributed by atoms with Crippen molar-refractivity contribution in [1.29, 1.82) is 0 Å². The first kappa shape index (κ1) is 26.5. The van der Waals surface area contributed by atoms with Crippen LogP contribution in [0.3, 0.4) is 0 Å². The second kappa shape index (κ2) is 11.4. The van der Waals surface area contributed by atoms with Gasteiger partial charge in [-0.2, -0.15) is 4.98 Å². The number of allylic oxidation sites excluding steroid dienone is 2. The van der Waals surface area contributed by atoms with Crippen molar-refractivity contribution in [2.75, 3.05) is 12.4 Å². The highest BCUT2D eigenvalue weighted by atomic mass is 35.5. The molecule has 0 bridgehead atoms. The number of carbonyl (C=O) groups excluding carboxylic acids is 1. The normalized spacial score (nSPS) is 16.3. The number of hydrogen-bond donors (Lipinski definition) is 1. The second-order valence-corrected chi connectivity index (χ2v) is 11.3. The number of rotatable bonds is 8. The Kier molecular flexibility index (Phi) is 7.54. The number of aromatic nitrogens is 3. The Morgan fingerprint density at radius 1 is 1.07 bits per heavy atom. The SMILES string of the molecule is COc1cc(C2C3=C(CCCC3=O)Nc3nc(SCc4ccccc4Cl)nn32)ccc1OCc1ccc(C)cc1. The first-order chi connectivity index (χ1) is 19.5. The first-order valence-corrected chi connectivity index (χ1v) is 14.6. The van der Waals surface area contributed by atoms with Gasteiger partial charge < -0.3 is 14.8 Å². The van der Waals surface area contributed by atoms with E-state index in [-0.39, 0.29) is 5.78 Å². The Morgan fingerprint density at radius 3 is 2.70 bits per heavy atom. The Balaban J connectivity index is 1.31. The van der Waals surface area contributed by atoms with E-state index >= 15 is 0 Å². The number of halogens is 1. The minimum atomic E-state index is -0.415. The molecule has 4 aromatic rings. The molecular weight excluding hydrogens is 544 g/mol. The summed E-state index contributed by atoms with van der Waals surface area (Å²) in [7, 11) is 1.63. The summed E-state index contributed by atoms with van der Waals surface area (Å²) in [6, 6.07) is 21.4. The van der Waals surface area contributed by atoms with Gasteiger partial charge in [-0.25, -0.2) is 4.68 Å². The van der Waals surface area contributed by atoms with Gasteiger partial charge in [-0.1, -0.05) is 77.5 Å². The van der Waals surface area contributed by atoms with E-state index in [0.29, 0.717) is 41.4 Å². The predicted molar refractivity (Wildman–Crippen MR) is 157 cm³/mol. The number of methoxy groups -OCH3 is 1. The summed E-state index contributed by atoms with van der Waals surface area (Å²) in [4.78, 5) is 18.0. The zero-order chi connectivity index (χ0) is 27.6. The fraction of sp³-hybridized carbons (Fsp3) is 0.258. The van der Waals surface area contributed by atoms with Crippen molar-refractivity contribution in [2.24, 2.45) is 0 Å². The summed E-state index contributed by atoms with van der Waals surface area (Å²) in [6.45, 7) is 2.49. The number of benzene rings is 3. The van der Waals surface area contributed by atoms with Crippen LogP contribution in [0.2, 0.25) is 5.02 Å². The fourth-order valence-electron chi connectivity index (χ4n) is 5.08. The highest BCUT2D eigenvalue weighted by Crippen LogP contribution is 2.43. The smallest absolute Gasteiger partial charge is 0.227 e. The molecule has 1 aliphatic carbocycles. The first-order valence-electron chi connectivity index (χ1n) is 13.2. The molecule has 0 fully saturated rings. The van der Waals surface area contributed by atoms with Crippen LogP contribution in [0.25, 0.3) is 0 Å². The lowest BCUT2D eigenvalue weighted by Gasteiger charge is -2.32. The molecule has 0 spiro atoms. The van der Waals surface area contributed by atoms with Crippen molar-refractivity contribution >= 4 is 35.1 Å². The Hall–Kier alpha value is -3.75. The van der Waals surface area contributed by atoms with Crippen LogP contribution in [0.4, 0.5) is 5.95 Å². The third-order valence-electron chi connectivity index (χ3n) is 7.18. The summed E-state index contributed by atoms with van der Waals surface area (Å²) in [5, 5.41) is 9.57. The number of Topliss-reactive ketones (excluding diaryl/α,β-unsaturated/α-hetero) is 1. The lowest BCUT2D eigenvalue weighted by Crippen LogP contribution is -2.31. The van der Waals surface area contributed by atoms with Gasteiger partial charge in [0.25, 0.3) is 0 Å². The number of hydrogen-bond acceptors (Lipinski definition) is 7. The molecule has 1 unspecified atom stereocenters. The fourth-order valence-corrected chi connectivity index (χ4v) is 6.20. The van der Waals surface area contributed by atoms with E-state index in [2.05, 4.69) is 36.5 Å². The van der Waals surface area contributed by atoms with Gasteiger partial charge in [0.1, 0.15) is 12.6 Å². The van der Waals surface area contributed by atoms with Gasteiger partial charge >= 0.3 is 0 Å². The van der Waals surface area contributed by atoms with Crippen LogP contribution in [-0.2, 0) is 17.2 Å². The summed E-state index contributed by atoms with van der Waals surface area (Å²) < 4.78 is 13.7. The maximum absolute atomic E-state index is 13.2. The average molecular weight is 573 g/mol. The largest absolute Gasteiger partial charge is 0.493 e. The molecule has 0 amide bonds. The highest BCUT2D eigenvalue weighted by molar-refractivity contribution is 7.98. The number of nitrogens with zero attached hydrogens (tertiary/aromatic N) is 3.